The van der Waals surface area contributed by atoms with Crippen molar-refractivity contribution in [3.05, 3.63) is 23.3 Å². The van der Waals surface area contributed by atoms with E-state index in [4.69, 9.17) is 10.8 Å². The summed E-state index contributed by atoms with van der Waals surface area (Å²) in [6, 6.07) is 1.57. The Balaban J connectivity index is 2.75. The number of thiophene rings is 1. The van der Waals surface area contributed by atoms with E-state index in [1.165, 1.54) is 17.5 Å². The summed E-state index contributed by atoms with van der Waals surface area (Å²) in [6.07, 6.45) is 3.13. The zero-order valence-corrected chi connectivity index (χ0v) is 7.34. The molecule has 2 rings (SSSR count). The van der Waals surface area contributed by atoms with Gasteiger partial charge in [-0.05, 0) is 6.07 Å². The quantitative estimate of drug-likeness (QED) is 0.722. The van der Waals surface area contributed by atoms with Gasteiger partial charge in [0.05, 0.1) is 16.6 Å². The van der Waals surface area contributed by atoms with Crippen molar-refractivity contribution in [3.8, 4) is 0 Å². The molecule has 0 radical (unpaired) electrons. The number of carboxylic acid groups (broad SMARTS) is 1. The summed E-state index contributed by atoms with van der Waals surface area (Å²) in [5.74, 6) is -0.930. The predicted octanol–water partition coefficient (Wildman–Crippen LogP) is 1.58. The van der Waals surface area contributed by atoms with Crippen LogP contribution in [0.4, 0.5) is 5.69 Å². The van der Waals surface area contributed by atoms with Gasteiger partial charge in [-0.25, -0.2) is 4.79 Å². The molecule has 0 aromatic carbocycles. The highest BCUT2D eigenvalue weighted by Crippen LogP contribution is 2.28. The van der Waals surface area contributed by atoms with Crippen LogP contribution in [0, 0.1) is 0 Å². The standard InChI is InChI=1S/C8H6N2O2S/c9-5-2-10-3-7-4(5)1-6(13-7)8(11)12/h1-3H,9H2,(H,11,12). The first-order valence-electron chi connectivity index (χ1n) is 3.55. The Labute approximate surface area is 77.6 Å². The lowest BCUT2D eigenvalue weighted by atomic mass is 10.3. The number of carboxylic acids is 1. The highest BCUT2D eigenvalue weighted by atomic mass is 32.1. The van der Waals surface area contributed by atoms with Crippen LogP contribution in [0.2, 0.25) is 0 Å². The average Bonchev–Trinajstić information content (AvgIpc) is 2.49. The summed E-state index contributed by atoms with van der Waals surface area (Å²) in [4.78, 5) is 14.8. The van der Waals surface area contributed by atoms with Crippen molar-refractivity contribution in [1.29, 1.82) is 0 Å². The minimum absolute atomic E-state index is 0.287. The van der Waals surface area contributed by atoms with Crippen molar-refractivity contribution in [2.24, 2.45) is 0 Å². The number of aromatic carboxylic acids is 1. The zero-order valence-electron chi connectivity index (χ0n) is 6.52. The fraction of sp³-hybridized carbons (Fsp3) is 0. The lowest BCUT2D eigenvalue weighted by Crippen LogP contribution is -1.90. The summed E-state index contributed by atoms with van der Waals surface area (Å²) in [5, 5.41) is 9.49. The molecular formula is C8H6N2O2S. The largest absolute Gasteiger partial charge is 0.477 e. The maximum absolute atomic E-state index is 10.6. The lowest BCUT2D eigenvalue weighted by molar-refractivity contribution is 0.0702. The molecule has 0 atom stereocenters. The third-order valence-electron chi connectivity index (χ3n) is 1.69. The molecule has 0 saturated carbocycles. The predicted molar refractivity (Wildman–Crippen MR) is 51.0 cm³/mol. The molecule has 0 aliphatic rings. The minimum atomic E-state index is -0.930. The molecule has 0 bridgehead atoms. The Morgan fingerprint density at radius 2 is 2.31 bits per heavy atom. The Bertz CT molecular complexity index is 478. The van der Waals surface area contributed by atoms with Gasteiger partial charge in [-0.2, -0.15) is 0 Å². The van der Waals surface area contributed by atoms with Crippen molar-refractivity contribution in [1.82, 2.24) is 4.98 Å². The first-order valence-corrected chi connectivity index (χ1v) is 4.36. The van der Waals surface area contributed by atoms with Crippen molar-refractivity contribution < 1.29 is 9.90 Å². The molecule has 0 aliphatic carbocycles. The second-order valence-electron chi connectivity index (χ2n) is 2.56. The van der Waals surface area contributed by atoms with Crippen LogP contribution in [0.5, 0.6) is 0 Å². The fourth-order valence-electron chi connectivity index (χ4n) is 1.09. The number of rotatable bonds is 1. The number of carbonyl (C=O) groups is 1. The van der Waals surface area contributed by atoms with Crippen molar-refractivity contribution in [2.45, 2.75) is 0 Å². The van der Waals surface area contributed by atoms with Gasteiger partial charge in [0.25, 0.3) is 0 Å². The number of hydrogen-bond donors (Lipinski definition) is 2. The molecule has 0 unspecified atom stereocenters. The monoisotopic (exact) mass is 194 g/mol. The summed E-state index contributed by atoms with van der Waals surface area (Å²) >= 11 is 1.18. The normalized spacial score (nSPS) is 10.5. The Morgan fingerprint density at radius 3 is 2.92 bits per heavy atom. The average molecular weight is 194 g/mol. The van der Waals surface area contributed by atoms with Crippen LogP contribution in [-0.4, -0.2) is 16.1 Å². The highest BCUT2D eigenvalue weighted by molar-refractivity contribution is 7.20. The molecule has 0 spiro atoms. The molecule has 0 aliphatic heterocycles. The van der Waals surface area contributed by atoms with Crippen LogP contribution < -0.4 is 5.73 Å². The Kier molecular flexibility index (Phi) is 1.66. The molecule has 4 nitrogen and oxygen atoms in total. The number of aromatic nitrogens is 1. The maximum atomic E-state index is 10.6. The number of nitrogens with two attached hydrogens (primary N) is 1. The molecule has 2 aromatic rings. The summed E-state index contributed by atoms with van der Waals surface area (Å²) in [6.45, 7) is 0. The number of pyridine rings is 1. The van der Waals surface area contributed by atoms with Crippen LogP contribution in [0.1, 0.15) is 9.67 Å². The van der Waals surface area contributed by atoms with Gasteiger partial charge in [0.1, 0.15) is 4.88 Å². The van der Waals surface area contributed by atoms with E-state index in [1.54, 1.807) is 12.3 Å². The summed E-state index contributed by atoms with van der Waals surface area (Å²) in [7, 11) is 0. The van der Waals surface area contributed by atoms with Gasteiger partial charge >= 0.3 is 5.97 Å². The molecule has 66 valence electrons. The molecule has 0 saturated heterocycles. The molecule has 5 heteroatoms. The van der Waals surface area contributed by atoms with Crippen LogP contribution >= 0.6 is 11.3 Å². The fourth-order valence-corrected chi connectivity index (χ4v) is 1.99. The molecule has 2 aromatic heterocycles. The minimum Gasteiger partial charge on any atom is -0.477 e. The number of nitrogens with zero attached hydrogens (tertiary/aromatic N) is 1. The molecule has 0 amide bonds. The highest BCUT2D eigenvalue weighted by Gasteiger charge is 2.09. The Morgan fingerprint density at radius 1 is 1.54 bits per heavy atom. The van der Waals surface area contributed by atoms with E-state index < -0.39 is 5.97 Å². The van der Waals surface area contributed by atoms with E-state index in [0.29, 0.717) is 5.69 Å². The summed E-state index contributed by atoms with van der Waals surface area (Å²) < 4.78 is 0.803. The SMILES string of the molecule is Nc1cncc2sc(C(=O)O)cc12. The van der Waals surface area contributed by atoms with Gasteiger partial charge in [-0.3, -0.25) is 4.98 Å². The zero-order chi connectivity index (χ0) is 9.42. The van der Waals surface area contributed by atoms with Crippen molar-refractivity contribution in [3.63, 3.8) is 0 Å². The van der Waals surface area contributed by atoms with E-state index in [9.17, 15) is 4.79 Å². The van der Waals surface area contributed by atoms with Crippen molar-refractivity contribution in [2.75, 3.05) is 5.73 Å². The Hall–Kier alpha value is -1.62. The van der Waals surface area contributed by atoms with E-state index in [0.717, 1.165) is 10.1 Å². The van der Waals surface area contributed by atoms with E-state index in [-0.39, 0.29) is 4.88 Å². The second-order valence-corrected chi connectivity index (χ2v) is 3.64. The van der Waals surface area contributed by atoms with Crippen LogP contribution in [0.25, 0.3) is 10.1 Å². The van der Waals surface area contributed by atoms with Gasteiger partial charge in [-0.15, -0.1) is 11.3 Å². The van der Waals surface area contributed by atoms with Gasteiger partial charge in [-0.1, -0.05) is 0 Å². The van der Waals surface area contributed by atoms with Gasteiger partial charge < -0.3 is 10.8 Å². The first-order chi connectivity index (χ1) is 6.18. The van der Waals surface area contributed by atoms with E-state index in [1.807, 2.05) is 0 Å². The first kappa shape index (κ1) is 8.00. The smallest absolute Gasteiger partial charge is 0.345 e. The van der Waals surface area contributed by atoms with Crippen LogP contribution in [0.15, 0.2) is 18.5 Å². The van der Waals surface area contributed by atoms with Crippen LogP contribution in [0.3, 0.4) is 0 Å². The van der Waals surface area contributed by atoms with Gasteiger partial charge in [0, 0.05) is 11.6 Å². The third-order valence-corrected chi connectivity index (χ3v) is 2.75. The molecular weight excluding hydrogens is 188 g/mol. The molecule has 3 N–H and O–H groups in total. The second kappa shape index (κ2) is 2.70. The molecule has 0 fully saturated rings. The van der Waals surface area contributed by atoms with E-state index >= 15 is 0 Å². The lowest BCUT2D eigenvalue weighted by Gasteiger charge is -1.91. The van der Waals surface area contributed by atoms with Crippen LogP contribution in [-0.2, 0) is 0 Å². The molecule has 2 heterocycles. The van der Waals surface area contributed by atoms with Gasteiger partial charge in [0.15, 0.2) is 0 Å². The van der Waals surface area contributed by atoms with Crippen molar-refractivity contribution >= 4 is 33.1 Å². The number of nitrogen functional groups attached to an aromatic ring is 1. The summed E-state index contributed by atoms with van der Waals surface area (Å²) in [5.41, 5.74) is 6.14. The number of anilines is 1. The van der Waals surface area contributed by atoms with Gasteiger partial charge in [0.2, 0.25) is 0 Å². The topological polar surface area (TPSA) is 76.2 Å². The molecule has 13 heavy (non-hydrogen) atoms. The van der Waals surface area contributed by atoms with E-state index in [2.05, 4.69) is 4.98 Å². The third kappa shape index (κ3) is 1.23. The maximum Gasteiger partial charge on any atom is 0.345 e. The number of hydrogen-bond acceptors (Lipinski definition) is 4. The number of fused-ring (bicyclic) bond motifs is 1.